The summed E-state index contributed by atoms with van der Waals surface area (Å²) in [7, 11) is 0. The average Bonchev–Trinajstić information content (AvgIpc) is 2.10. The van der Waals surface area contributed by atoms with Crippen LogP contribution < -0.4 is 0 Å². The van der Waals surface area contributed by atoms with Gasteiger partial charge >= 0.3 is 0 Å². The molecule has 0 saturated heterocycles. The first-order valence-corrected chi connectivity index (χ1v) is 5.47. The molecule has 1 rings (SSSR count). The first-order valence-electron chi connectivity index (χ1n) is 4.24. The van der Waals surface area contributed by atoms with E-state index < -0.39 is 0 Å². The van der Waals surface area contributed by atoms with Gasteiger partial charge in [0.2, 0.25) is 0 Å². The summed E-state index contributed by atoms with van der Waals surface area (Å²) in [6, 6.07) is 5.20. The average molecular weight is 266 g/mol. The zero-order valence-corrected chi connectivity index (χ0v) is 9.70. The minimum Gasteiger partial charge on any atom is -0.205 e. The molecule has 0 radical (unpaired) electrons. The molecule has 0 amide bonds. The maximum atomic E-state index is 13.4. The van der Waals surface area contributed by atoms with E-state index >= 15 is 0 Å². The molecule has 0 fully saturated rings. The molecule has 0 nitrogen and oxygen atoms in total. The fraction of sp³-hybridized carbons (Fsp3) is 0.400. The molecular weight excluding hydrogens is 254 g/mol. The van der Waals surface area contributed by atoms with E-state index in [0.29, 0.717) is 10.0 Å². The Morgan fingerprint density at radius 3 is 2.85 bits per heavy atom. The van der Waals surface area contributed by atoms with Gasteiger partial charge in [-0.15, -0.1) is 11.6 Å². The molecule has 0 N–H and O–H groups in total. The van der Waals surface area contributed by atoms with Crippen LogP contribution in [0.15, 0.2) is 22.7 Å². The van der Waals surface area contributed by atoms with Gasteiger partial charge in [-0.1, -0.05) is 25.5 Å². The molecule has 13 heavy (non-hydrogen) atoms. The molecule has 1 aromatic carbocycles. The summed E-state index contributed by atoms with van der Waals surface area (Å²) in [5.41, 5.74) is 0.581. The summed E-state index contributed by atoms with van der Waals surface area (Å²) >= 11 is 9.15. The Bertz CT molecular complexity index is 288. The summed E-state index contributed by atoms with van der Waals surface area (Å²) in [4.78, 5) is 0. The van der Waals surface area contributed by atoms with Gasteiger partial charge in [-0.05, 0) is 28.4 Å². The van der Waals surface area contributed by atoms with E-state index in [1.165, 1.54) is 0 Å². The van der Waals surface area contributed by atoms with Crippen molar-refractivity contribution in [2.24, 2.45) is 0 Å². The van der Waals surface area contributed by atoms with Gasteiger partial charge in [-0.3, -0.25) is 0 Å². The second-order valence-corrected chi connectivity index (χ2v) is 4.28. The molecule has 0 aliphatic rings. The largest absolute Gasteiger partial charge is 0.205 e. The van der Waals surface area contributed by atoms with Gasteiger partial charge in [0.25, 0.3) is 0 Å². The molecule has 0 heterocycles. The monoisotopic (exact) mass is 264 g/mol. The van der Waals surface area contributed by atoms with Gasteiger partial charge in [0.05, 0.1) is 9.85 Å². The third-order valence-electron chi connectivity index (χ3n) is 1.86. The molecule has 0 bridgehead atoms. The Morgan fingerprint density at radius 1 is 1.54 bits per heavy atom. The number of halogens is 3. The molecule has 1 atom stereocenters. The van der Waals surface area contributed by atoms with Crippen molar-refractivity contribution in [2.45, 2.75) is 25.1 Å². The maximum absolute atomic E-state index is 13.4. The van der Waals surface area contributed by atoms with E-state index in [0.717, 1.165) is 12.8 Å². The molecule has 1 aromatic rings. The molecule has 0 saturated carbocycles. The van der Waals surface area contributed by atoms with E-state index in [2.05, 4.69) is 15.9 Å². The minimum atomic E-state index is -0.240. The zero-order valence-electron chi connectivity index (χ0n) is 7.36. The highest BCUT2D eigenvalue weighted by atomic mass is 79.9. The number of hydrogen-bond acceptors (Lipinski definition) is 0. The van der Waals surface area contributed by atoms with Crippen LogP contribution in [-0.2, 0) is 0 Å². The number of alkyl halides is 1. The fourth-order valence-corrected chi connectivity index (χ4v) is 1.94. The van der Waals surface area contributed by atoms with E-state index in [9.17, 15) is 4.39 Å². The highest BCUT2D eigenvalue weighted by molar-refractivity contribution is 9.10. The second kappa shape index (κ2) is 4.97. The van der Waals surface area contributed by atoms with E-state index in [4.69, 9.17) is 11.6 Å². The fourth-order valence-electron chi connectivity index (χ4n) is 1.17. The quantitative estimate of drug-likeness (QED) is 0.697. The smallest absolute Gasteiger partial charge is 0.142 e. The molecule has 72 valence electrons. The van der Waals surface area contributed by atoms with Gasteiger partial charge in [0.1, 0.15) is 5.82 Å². The van der Waals surface area contributed by atoms with Crippen LogP contribution in [0, 0.1) is 5.82 Å². The number of benzene rings is 1. The summed E-state index contributed by atoms with van der Waals surface area (Å²) in [5, 5.41) is -0.220. The lowest BCUT2D eigenvalue weighted by Gasteiger charge is -2.09. The van der Waals surface area contributed by atoms with E-state index in [-0.39, 0.29) is 11.2 Å². The molecule has 0 aliphatic carbocycles. The first kappa shape index (κ1) is 11.0. The van der Waals surface area contributed by atoms with Crippen LogP contribution in [0.25, 0.3) is 0 Å². The summed E-state index contributed by atoms with van der Waals surface area (Å²) < 4.78 is 13.9. The van der Waals surface area contributed by atoms with Crippen LogP contribution in [0.4, 0.5) is 4.39 Å². The van der Waals surface area contributed by atoms with Crippen molar-refractivity contribution in [2.75, 3.05) is 0 Å². The van der Waals surface area contributed by atoms with Crippen LogP contribution in [0.5, 0.6) is 0 Å². The second-order valence-electron chi connectivity index (χ2n) is 2.90. The van der Waals surface area contributed by atoms with Gasteiger partial charge in [-0.25, -0.2) is 4.39 Å². The van der Waals surface area contributed by atoms with Crippen molar-refractivity contribution in [1.82, 2.24) is 0 Å². The molecule has 0 spiro atoms. The van der Waals surface area contributed by atoms with Crippen molar-refractivity contribution in [3.8, 4) is 0 Å². The van der Waals surface area contributed by atoms with E-state index in [1.807, 2.05) is 6.92 Å². The van der Waals surface area contributed by atoms with Gasteiger partial charge in [0.15, 0.2) is 0 Å². The molecule has 0 aliphatic heterocycles. The van der Waals surface area contributed by atoms with Gasteiger partial charge in [0, 0.05) is 5.56 Å². The Morgan fingerprint density at radius 2 is 2.23 bits per heavy atom. The lowest BCUT2D eigenvalue weighted by Crippen LogP contribution is -1.94. The van der Waals surface area contributed by atoms with Crippen LogP contribution in [-0.4, -0.2) is 0 Å². The molecule has 1 unspecified atom stereocenters. The minimum absolute atomic E-state index is 0.220. The Labute approximate surface area is 91.2 Å². The van der Waals surface area contributed by atoms with Crippen molar-refractivity contribution in [1.29, 1.82) is 0 Å². The van der Waals surface area contributed by atoms with Gasteiger partial charge in [-0.2, -0.15) is 0 Å². The standard InChI is InChI=1S/C10H11BrClF/c1-2-4-9(12)7-5-3-6-8(11)10(7)13/h3,5-6,9H,2,4H2,1H3. The molecular formula is C10H11BrClF. The maximum Gasteiger partial charge on any atom is 0.142 e. The van der Waals surface area contributed by atoms with Crippen LogP contribution in [0.3, 0.4) is 0 Å². The van der Waals surface area contributed by atoms with Crippen molar-refractivity contribution < 1.29 is 4.39 Å². The summed E-state index contributed by atoms with van der Waals surface area (Å²) in [5.74, 6) is -0.240. The number of hydrogen-bond donors (Lipinski definition) is 0. The van der Waals surface area contributed by atoms with E-state index in [1.54, 1.807) is 18.2 Å². The van der Waals surface area contributed by atoms with Crippen molar-refractivity contribution in [3.63, 3.8) is 0 Å². The highest BCUT2D eigenvalue weighted by Gasteiger charge is 2.13. The Balaban J connectivity index is 2.93. The van der Waals surface area contributed by atoms with Crippen LogP contribution >= 0.6 is 27.5 Å². The normalized spacial score (nSPS) is 12.9. The van der Waals surface area contributed by atoms with Crippen molar-refractivity contribution >= 4 is 27.5 Å². The summed E-state index contributed by atoms with van der Waals surface area (Å²) in [6.07, 6.45) is 1.76. The lowest BCUT2D eigenvalue weighted by atomic mass is 10.1. The van der Waals surface area contributed by atoms with Crippen molar-refractivity contribution in [3.05, 3.63) is 34.1 Å². The van der Waals surface area contributed by atoms with Gasteiger partial charge < -0.3 is 0 Å². The van der Waals surface area contributed by atoms with Crippen LogP contribution in [0.2, 0.25) is 0 Å². The summed E-state index contributed by atoms with van der Waals surface area (Å²) in [6.45, 7) is 2.03. The predicted octanol–water partition coefficient (Wildman–Crippen LogP) is 4.67. The Kier molecular flexibility index (Phi) is 4.20. The number of rotatable bonds is 3. The molecule has 0 aromatic heterocycles. The molecule has 3 heteroatoms. The van der Waals surface area contributed by atoms with Crippen LogP contribution in [0.1, 0.15) is 30.7 Å². The predicted molar refractivity (Wildman–Crippen MR) is 57.6 cm³/mol. The topological polar surface area (TPSA) is 0 Å². The first-order chi connectivity index (χ1) is 6.16. The highest BCUT2D eigenvalue weighted by Crippen LogP contribution is 2.30. The lowest BCUT2D eigenvalue weighted by molar-refractivity contribution is 0.593. The SMILES string of the molecule is CCCC(Cl)c1cccc(Br)c1F. The third-order valence-corrected chi connectivity index (χ3v) is 2.93. The third kappa shape index (κ3) is 2.68. The zero-order chi connectivity index (χ0) is 9.84. The Hall–Kier alpha value is -0.0800.